The maximum atomic E-state index is 2.27. The molecule has 1 radical (unpaired) electrons. The normalized spacial score (nSPS) is 28.9. The maximum absolute atomic E-state index is 2.27. The SMILES string of the molecule is [CH]1/C=C/C=C/C=C\C/C=C\CCC1. The lowest BCUT2D eigenvalue weighted by Gasteiger charge is -1.91. The van der Waals surface area contributed by atoms with Crippen molar-refractivity contribution in [1.82, 2.24) is 0 Å². The molecule has 1 aliphatic rings. The first-order valence-corrected chi connectivity index (χ1v) is 4.97. The Morgan fingerprint density at radius 1 is 0.615 bits per heavy atom. The molecule has 1 aliphatic carbocycles. The van der Waals surface area contributed by atoms with Gasteiger partial charge in [0.1, 0.15) is 0 Å². The highest BCUT2D eigenvalue weighted by molar-refractivity contribution is 5.14. The van der Waals surface area contributed by atoms with Gasteiger partial charge in [0, 0.05) is 0 Å². The smallest absolute Gasteiger partial charge is 0.0166 e. The fourth-order valence-electron chi connectivity index (χ4n) is 1.17. The summed E-state index contributed by atoms with van der Waals surface area (Å²) in [5, 5.41) is 0. The number of allylic oxidation sites excluding steroid dienone is 8. The van der Waals surface area contributed by atoms with Crippen molar-refractivity contribution >= 4 is 0 Å². The molecule has 0 bridgehead atoms. The molecule has 69 valence electrons. The molecule has 13 heavy (non-hydrogen) atoms. The molecular formula is C13H17. The third-order valence-corrected chi connectivity index (χ3v) is 1.90. The van der Waals surface area contributed by atoms with Gasteiger partial charge in [0.2, 0.25) is 0 Å². The average molecular weight is 173 g/mol. The second-order valence-electron chi connectivity index (χ2n) is 3.07. The molecule has 0 unspecified atom stereocenters. The van der Waals surface area contributed by atoms with Crippen molar-refractivity contribution in [2.75, 3.05) is 0 Å². The predicted molar refractivity (Wildman–Crippen MR) is 59.3 cm³/mol. The van der Waals surface area contributed by atoms with Gasteiger partial charge in [-0.1, -0.05) is 48.6 Å². The molecule has 0 heterocycles. The lowest BCUT2D eigenvalue weighted by molar-refractivity contribution is 0.841. The highest BCUT2D eigenvalue weighted by Gasteiger charge is 1.83. The largest absolute Gasteiger partial charge is 0.0882 e. The average Bonchev–Trinajstić information content (AvgIpc) is 2.18. The summed E-state index contributed by atoms with van der Waals surface area (Å²) in [5.74, 6) is 0. The van der Waals surface area contributed by atoms with Gasteiger partial charge in [0.15, 0.2) is 0 Å². The zero-order valence-electron chi connectivity index (χ0n) is 8.02. The molecule has 0 heteroatoms. The lowest BCUT2D eigenvalue weighted by Crippen LogP contribution is -1.72. The number of hydrogen-bond acceptors (Lipinski definition) is 0. The molecule has 0 aromatic heterocycles. The maximum Gasteiger partial charge on any atom is -0.0166 e. The Hall–Kier alpha value is -1.04. The third-order valence-electron chi connectivity index (χ3n) is 1.90. The van der Waals surface area contributed by atoms with Crippen molar-refractivity contribution in [3.05, 3.63) is 55.0 Å². The van der Waals surface area contributed by atoms with Crippen LogP contribution in [0.25, 0.3) is 0 Å². The van der Waals surface area contributed by atoms with E-state index in [-0.39, 0.29) is 0 Å². The highest BCUT2D eigenvalue weighted by Crippen LogP contribution is 2.02. The molecular weight excluding hydrogens is 156 g/mol. The Kier molecular flexibility index (Phi) is 5.87. The van der Waals surface area contributed by atoms with Gasteiger partial charge in [-0.05, 0) is 32.1 Å². The van der Waals surface area contributed by atoms with Gasteiger partial charge in [0.25, 0.3) is 0 Å². The van der Waals surface area contributed by atoms with Gasteiger partial charge < -0.3 is 0 Å². The topological polar surface area (TPSA) is 0 Å². The minimum atomic E-state index is 1.05. The molecule has 0 atom stereocenters. The molecule has 0 saturated carbocycles. The van der Waals surface area contributed by atoms with Crippen LogP contribution in [0.5, 0.6) is 0 Å². The van der Waals surface area contributed by atoms with E-state index in [9.17, 15) is 0 Å². The van der Waals surface area contributed by atoms with E-state index in [0.29, 0.717) is 0 Å². The van der Waals surface area contributed by atoms with Crippen LogP contribution >= 0.6 is 0 Å². The van der Waals surface area contributed by atoms with Crippen LogP contribution in [-0.4, -0.2) is 0 Å². The van der Waals surface area contributed by atoms with E-state index in [2.05, 4.69) is 55.0 Å². The standard InChI is InChI=1S/C13H17/c1-2-4-6-8-10-12-13-11-9-7-5-3-1/h1-7,10,12H,8-9,11,13H2/b2-1+,5-3+,6-4-,12-10-. The quantitative estimate of drug-likeness (QED) is 0.486. The zero-order valence-corrected chi connectivity index (χ0v) is 8.02. The molecule has 0 saturated heterocycles. The third kappa shape index (κ3) is 6.15. The van der Waals surface area contributed by atoms with Gasteiger partial charge in [-0.3, -0.25) is 0 Å². The molecule has 0 aromatic carbocycles. The summed E-state index contributed by atoms with van der Waals surface area (Å²) in [5.41, 5.74) is 0. The molecule has 0 aliphatic heterocycles. The Balaban J connectivity index is 2.38. The molecule has 1 rings (SSSR count). The highest BCUT2D eigenvalue weighted by atomic mass is 13.9. The van der Waals surface area contributed by atoms with E-state index in [1.165, 1.54) is 19.3 Å². The van der Waals surface area contributed by atoms with Crippen molar-refractivity contribution in [3.8, 4) is 0 Å². The summed E-state index contributed by atoms with van der Waals surface area (Å²) in [6.07, 6.45) is 24.0. The van der Waals surface area contributed by atoms with Crippen LogP contribution < -0.4 is 0 Å². The zero-order chi connectivity index (χ0) is 9.19. The van der Waals surface area contributed by atoms with Gasteiger partial charge >= 0.3 is 0 Å². The van der Waals surface area contributed by atoms with E-state index in [0.717, 1.165) is 6.42 Å². The summed E-state index contributed by atoms with van der Waals surface area (Å²) in [4.78, 5) is 0. The minimum absolute atomic E-state index is 1.05. The summed E-state index contributed by atoms with van der Waals surface area (Å²) in [6, 6.07) is 0. The molecule has 0 N–H and O–H groups in total. The van der Waals surface area contributed by atoms with Gasteiger partial charge in [-0.15, -0.1) is 0 Å². The van der Waals surface area contributed by atoms with E-state index < -0.39 is 0 Å². The fourth-order valence-corrected chi connectivity index (χ4v) is 1.17. The molecule has 0 nitrogen and oxygen atoms in total. The van der Waals surface area contributed by atoms with Crippen molar-refractivity contribution in [3.63, 3.8) is 0 Å². The van der Waals surface area contributed by atoms with Crippen molar-refractivity contribution in [2.45, 2.75) is 25.7 Å². The second-order valence-corrected chi connectivity index (χ2v) is 3.07. The van der Waals surface area contributed by atoms with Crippen LogP contribution in [0, 0.1) is 6.42 Å². The van der Waals surface area contributed by atoms with Gasteiger partial charge in [0.05, 0.1) is 0 Å². The van der Waals surface area contributed by atoms with E-state index >= 15 is 0 Å². The Morgan fingerprint density at radius 2 is 1.46 bits per heavy atom. The van der Waals surface area contributed by atoms with Crippen LogP contribution in [0.4, 0.5) is 0 Å². The predicted octanol–water partition coefficient (Wildman–Crippen LogP) is 3.99. The monoisotopic (exact) mass is 173 g/mol. The Labute approximate surface area is 81.4 Å². The van der Waals surface area contributed by atoms with E-state index in [1.54, 1.807) is 0 Å². The number of rotatable bonds is 0. The first-order valence-electron chi connectivity index (χ1n) is 4.97. The Morgan fingerprint density at radius 3 is 2.46 bits per heavy atom. The van der Waals surface area contributed by atoms with Crippen molar-refractivity contribution in [2.24, 2.45) is 0 Å². The molecule has 0 fully saturated rings. The van der Waals surface area contributed by atoms with Crippen LogP contribution in [0.3, 0.4) is 0 Å². The summed E-state index contributed by atoms with van der Waals surface area (Å²) in [6.45, 7) is 0. The first-order chi connectivity index (χ1) is 6.50. The summed E-state index contributed by atoms with van der Waals surface area (Å²) < 4.78 is 0. The molecule has 0 aromatic rings. The van der Waals surface area contributed by atoms with Crippen LogP contribution in [0.2, 0.25) is 0 Å². The van der Waals surface area contributed by atoms with Crippen molar-refractivity contribution in [1.29, 1.82) is 0 Å². The van der Waals surface area contributed by atoms with E-state index in [4.69, 9.17) is 0 Å². The number of hydrogen-bond donors (Lipinski definition) is 0. The fraction of sp³-hybridized carbons (Fsp3) is 0.308. The second kappa shape index (κ2) is 7.60. The molecule has 0 spiro atoms. The molecule has 0 amide bonds. The van der Waals surface area contributed by atoms with Crippen LogP contribution in [0.1, 0.15) is 25.7 Å². The van der Waals surface area contributed by atoms with Crippen molar-refractivity contribution < 1.29 is 0 Å². The summed E-state index contributed by atoms with van der Waals surface area (Å²) in [7, 11) is 0. The summed E-state index contributed by atoms with van der Waals surface area (Å²) >= 11 is 0. The minimum Gasteiger partial charge on any atom is -0.0882 e. The van der Waals surface area contributed by atoms with Crippen LogP contribution in [-0.2, 0) is 0 Å². The van der Waals surface area contributed by atoms with E-state index in [1.807, 2.05) is 0 Å². The first kappa shape index (κ1) is 10.0. The van der Waals surface area contributed by atoms with Gasteiger partial charge in [-0.2, -0.15) is 0 Å². The van der Waals surface area contributed by atoms with Gasteiger partial charge in [-0.25, -0.2) is 0 Å². The Bertz CT molecular complexity index is 216. The lowest BCUT2D eigenvalue weighted by atomic mass is 10.2. The van der Waals surface area contributed by atoms with Crippen LogP contribution in [0.15, 0.2) is 48.6 Å².